The summed E-state index contributed by atoms with van der Waals surface area (Å²) < 4.78 is 0. The number of aryl methyl sites for hydroxylation is 1. The van der Waals surface area contributed by atoms with Crippen LogP contribution < -0.4 is 10.3 Å². The normalized spacial score (nSPS) is 17.1. The highest BCUT2D eigenvalue weighted by Crippen LogP contribution is 2.46. The molecule has 3 rings (SSSR count). The molecule has 0 saturated heterocycles. The zero-order chi connectivity index (χ0) is 18.0. The average molecular weight is 333 g/mol. The third-order valence-corrected chi connectivity index (χ3v) is 4.80. The Balaban J connectivity index is 1.75. The third kappa shape index (κ3) is 3.07. The molecule has 1 heterocycles. The van der Waals surface area contributed by atoms with Gasteiger partial charge in [-0.3, -0.25) is 4.79 Å². The Morgan fingerprint density at radius 1 is 1.12 bits per heavy atom. The Hall–Kier alpha value is -2.88. The molecule has 1 aliphatic heterocycles. The van der Waals surface area contributed by atoms with Gasteiger partial charge in [0.05, 0.1) is 0 Å². The predicted octanol–water partition coefficient (Wildman–Crippen LogP) is 4.02. The van der Waals surface area contributed by atoms with Crippen molar-refractivity contribution in [3.63, 3.8) is 0 Å². The molecular formula is C21H23N3O. The Morgan fingerprint density at radius 3 is 2.52 bits per heavy atom. The van der Waals surface area contributed by atoms with Gasteiger partial charge in [0.1, 0.15) is 0 Å². The number of rotatable bonds is 3. The fraction of sp³-hybridized carbons (Fsp3) is 0.238. The molecule has 0 radical (unpaired) electrons. The molecule has 0 unspecified atom stereocenters. The lowest BCUT2D eigenvalue weighted by molar-refractivity contribution is 0.0954. The molecule has 0 atom stereocenters. The topological polar surface area (TPSA) is 44.7 Å². The number of carbonyl (C=O) groups excluding carboxylic acids is 1. The van der Waals surface area contributed by atoms with Crippen LogP contribution in [0.25, 0.3) is 0 Å². The molecule has 4 nitrogen and oxygen atoms in total. The largest absolute Gasteiger partial charge is 0.347 e. The molecule has 0 spiro atoms. The van der Waals surface area contributed by atoms with Crippen LogP contribution in [-0.2, 0) is 5.41 Å². The third-order valence-electron chi connectivity index (χ3n) is 4.80. The molecule has 0 aromatic heterocycles. The van der Waals surface area contributed by atoms with E-state index in [-0.39, 0.29) is 11.3 Å². The van der Waals surface area contributed by atoms with Crippen molar-refractivity contribution >= 4 is 17.8 Å². The number of amides is 1. The van der Waals surface area contributed by atoms with Gasteiger partial charge in [0, 0.05) is 35.6 Å². The monoisotopic (exact) mass is 333 g/mol. The molecule has 0 saturated carbocycles. The van der Waals surface area contributed by atoms with E-state index in [9.17, 15) is 4.79 Å². The van der Waals surface area contributed by atoms with Crippen LogP contribution in [0, 0.1) is 6.92 Å². The molecule has 1 N–H and O–H groups in total. The number of nitrogens with zero attached hydrogens (tertiary/aromatic N) is 2. The van der Waals surface area contributed by atoms with Crippen molar-refractivity contribution < 1.29 is 4.79 Å². The summed E-state index contributed by atoms with van der Waals surface area (Å²) in [6.45, 7) is 6.30. The second kappa shape index (κ2) is 6.55. The first-order valence-electron chi connectivity index (χ1n) is 8.36. The standard InChI is InChI=1S/C21H23N3O/c1-15-9-5-6-10-16(15)20(25)23-22-14-13-19-21(2,3)17-11-7-8-12-18(17)24(19)4/h5-14H,1-4H3,(H,23,25)/b19-13-,22-14+. The summed E-state index contributed by atoms with van der Waals surface area (Å²) in [5.74, 6) is -0.199. The summed E-state index contributed by atoms with van der Waals surface area (Å²) in [7, 11) is 2.05. The SMILES string of the molecule is Cc1ccccc1C(=O)N/N=C/C=C1\N(C)c2ccccc2C1(C)C. The number of carbonyl (C=O) groups is 1. The van der Waals surface area contributed by atoms with E-state index in [0.717, 1.165) is 11.3 Å². The van der Waals surface area contributed by atoms with Crippen LogP contribution in [0.1, 0.15) is 35.3 Å². The first kappa shape index (κ1) is 17.0. The highest BCUT2D eigenvalue weighted by molar-refractivity contribution is 5.96. The molecule has 1 aliphatic rings. The van der Waals surface area contributed by atoms with E-state index in [2.05, 4.69) is 54.5 Å². The van der Waals surface area contributed by atoms with Crippen LogP contribution in [0.15, 0.2) is 65.4 Å². The zero-order valence-corrected chi connectivity index (χ0v) is 15.1. The number of allylic oxidation sites excluding steroid dienone is 2. The van der Waals surface area contributed by atoms with E-state index < -0.39 is 0 Å². The van der Waals surface area contributed by atoms with Gasteiger partial charge in [-0.1, -0.05) is 50.2 Å². The Morgan fingerprint density at radius 2 is 1.80 bits per heavy atom. The van der Waals surface area contributed by atoms with Crippen LogP contribution >= 0.6 is 0 Å². The van der Waals surface area contributed by atoms with Gasteiger partial charge >= 0.3 is 0 Å². The maximum atomic E-state index is 12.2. The van der Waals surface area contributed by atoms with Gasteiger partial charge in [-0.05, 0) is 36.3 Å². The summed E-state index contributed by atoms with van der Waals surface area (Å²) >= 11 is 0. The van der Waals surface area contributed by atoms with Crippen LogP contribution in [-0.4, -0.2) is 19.2 Å². The van der Waals surface area contributed by atoms with Gasteiger partial charge in [-0.25, -0.2) is 5.43 Å². The van der Waals surface area contributed by atoms with E-state index in [1.54, 1.807) is 12.3 Å². The van der Waals surface area contributed by atoms with Crippen LogP contribution in [0.5, 0.6) is 0 Å². The van der Waals surface area contributed by atoms with Crippen LogP contribution in [0.4, 0.5) is 5.69 Å². The summed E-state index contributed by atoms with van der Waals surface area (Å²) in [5.41, 5.74) is 7.70. The fourth-order valence-electron chi connectivity index (χ4n) is 3.39. The Labute approximate surface area is 148 Å². The van der Waals surface area contributed by atoms with Crippen molar-refractivity contribution in [1.29, 1.82) is 0 Å². The first-order valence-corrected chi connectivity index (χ1v) is 8.36. The second-order valence-electron chi connectivity index (χ2n) is 6.79. The number of para-hydroxylation sites is 1. The van der Waals surface area contributed by atoms with Crippen molar-refractivity contribution in [3.05, 3.63) is 77.0 Å². The minimum absolute atomic E-state index is 0.0998. The second-order valence-corrected chi connectivity index (χ2v) is 6.79. The van der Waals surface area contributed by atoms with Crippen molar-refractivity contribution in [2.24, 2.45) is 5.10 Å². The smallest absolute Gasteiger partial charge is 0.271 e. The van der Waals surface area contributed by atoms with Gasteiger partial charge in [0.25, 0.3) is 5.91 Å². The molecule has 0 bridgehead atoms. The van der Waals surface area contributed by atoms with E-state index in [1.165, 1.54) is 11.3 Å². The van der Waals surface area contributed by atoms with E-state index in [1.807, 2.05) is 37.3 Å². The number of fused-ring (bicyclic) bond motifs is 1. The molecular weight excluding hydrogens is 310 g/mol. The van der Waals surface area contributed by atoms with Gasteiger partial charge < -0.3 is 4.90 Å². The number of benzene rings is 2. The minimum Gasteiger partial charge on any atom is -0.347 e. The van der Waals surface area contributed by atoms with E-state index in [0.29, 0.717) is 5.56 Å². The quantitative estimate of drug-likeness (QED) is 0.681. The maximum absolute atomic E-state index is 12.2. The van der Waals surface area contributed by atoms with Crippen LogP contribution in [0.3, 0.4) is 0 Å². The highest BCUT2D eigenvalue weighted by atomic mass is 16.2. The molecule has 2 aromatic carbocycles. The molecule has 25 heavy (non-hydrogen) atoms. The molecule has 1 amide bonds. The number of hydrazone groups is 1. The molecule has 2 aromatic rings. The van der Waals surface area contributed by atoms with Gasteiger partial charge in [-0.15, -0.1) is 0 Å². The van der Waals surface area contributed by atoms with E-state index in [4.69, 9.17) is 0 Å². The number of hydrogen-bond donors (Lipinski definition) is 1. The van der Waals surface area contributed by atoms with Crippen molar-refractivity contribution in [1.82, 2.24) is 5.43 Å². The zero-order valence-electron chi connectivity index (χ0n) is 15.1. The summed E-state index contributed by atoms with van der Waals surface area (Å²) in [6.07, 6.45) is 3.60. The molecule has 128 valence electrons. The number of likely N-dealkylation sites (N-methyl/N-ethyl adjacent to an activating group) is 1. The minimum atomic E-state index is -0.199. The molecule has 4 heteroatoms. The lowest BCUT2D eigenvalue weighted by Crippen LogP contribution is -2.23. The molecule has 0 fully saturated rings. The van der Waals surface area contributed by atoms with Crippen molar-refractivity contribution in [2.45, 2.75) is 26.2 Å². The van der Waals surface area contributed by atoms with Gasteiger partial charge in [-0.2, -0.15) is 5.10 Å². The van der Waals surface area contributed by atoms with Crippen molar-refractivity contribution in [2.75, 3.05) is 11.9 Å². The lowest BCUT2D eigenvalue weighted by Gasteiger charge is -2.23. The predicted molar refractivity (Wildman–Crippen MR) is 103 cm³/mol. The number of anilines is 1. The first-order chi connectivity index (χ1) is 11.9. The summed E-state index contributed by atoms with van der Waals surface area (Å²) in [6, 6.07) is 15.9. The van der Waals surface area contributed by atoms with Crippen molar-refractivity contribution in [3.8, 4) is 0 Å². The van der Waals surface area contributed by atoms with Crippen LogP contribution in [0.2, 0.25) is 0 Å². The maximum Gasteiger partial charge on any atom is 0.271 e. The average Bonchev–Trinajstić information content (AvgIpc) is 2.79. The fourth-order valence-corrected chi connectivity index (χ4v) is 3.39. The van der Waals surface area contributed by atoms with Gasteiger partial charge in [0.2, 0.25) is 0 Å². The highest BCUT2D eigenvalue weighted by Gasteiger charge is 2.37. The van der Waals surface area contributed by atoms with E-state index >= 15 is 0 Å². The lowest BCUT2D eigenvalue weighted by atomic mass is 9.84. The molecule has 0 aliphatic carbocycles. The summed E-state index contributed by atoms with van der Waals surface area (Å²) in [4.78, 5) is 14.3. The Bertz CT molecular complexity index is 865. The summed E-state index contributed by atoms with van der Waals surface area (Å²) in [5, 5.41) is 4.09. The van der Waals surface area contributed by atoms with Gasteiger partial charge in [0.15, 0.2) is 0 Å². The number of hydrogen-bond acceptors (Lipinski definition) is 3. The Kier molecular flexibility index (Phi) is 4.45. The number of nitrogens with one attached hydrogen (secondary N) is 1.